The number of ether oxygens (including phenoxy) is 1. The molecule has 1 aromatic heterocycles. The van der Waals surface area contributed by atoms with Crippen LogP contribution in [0.5, 0.6) is 23.0 Å². The van der Waals surface area contributed by atoms with Gasteiger partial charge in [0.15, 0.2) is 11.5 Å². The van der Waals surface area contributed by atoms with Gasteiger partial charge < -0.3 is 20.1 Å². The number of hydrogen-bond acceptors (Lipinski definition) is 7. The summed E-state index contributed by atoms with van der Waals surface area (Å²) in [5, 5.41) is 35.1. The molecule has 0 fully saturated rings. The summed E-state index contributed by atoms with van der Waals surface area (Å²) in [5.41, 5.74) is 1.79. The van der Waals surface area contributed by atoms with Crippen molar-refractivity contribution in [3.63, 3.8) is 0 Å². The molecule has 2 aromatic carbocycles. The molecule has 0 atom stereocenters. The summed E-state index contributed by atoms with van der Waals surface area (Å²) in [6.07, 6.45) is 1.38. The molecule has 0 unspecified atom stereocenters. The van der Waals surface area contributed by atoms with Gasteiger partial charge in [0.2, 0.25) is 10.6 Å². The second-order valence-electron chi connectivity index (χ2n) is 5.37. The fraction of sp³-hybridized carbons (Fsp3) is 0.111. The molecular weight excluding hydrogens is 354 g/mol. The van der Waals surface area contributed by atoms with Crippen LogP contribution in [0.2, 0.25) is 0 Å². The first-order valence-electron chi connectivity index (χ1n) is 7.64. The van der Waals surface area contributed by atoms with Gasteiger partial charge in [0.05, 0.1) is 19.0 Å². The number of benzene rings is 2. The Kier molecular flexibility index (Phi) is 4.94. The van der Waals surface area contributed by atoms with Crippen LogP contribution in [0.3, 0.4) is 0 Å². The van der Waals surface area contributed by atoms with Gasteiger partial charge in [0.25, 0.3) is 0 Å². The van der Waals surface area contributed by atoms with E-state index in [1.807, 2.05) is 36.6 Å². The molecule has 0 saturated carbocycles. The minimum Gasteiger partial charge on any atom is -0.504 e. The average molecular weight is 371 g/mol. The Labute approximate surface area is 153 Å². The van der Waals surface area contributed by atoms with E-state index in [4.69, 9.17) is 4.74 Å². The minimum atomic E-state index is -0.583. The van der Waals surface area contributed by atoms with Crippen LogP contribution in [0, 0.1) is 6.92 Å². The van der Waals surface area contributed by atoms with Gasteiger partial charge in [-0.15, -0.1) is 11.3 Å². The highest BCUT2D eigenvalue weighted by Gasteiger charge is 2.10. The molecule has 0 amide bonds. The monoisotopic (exact) mass is 371 g/mol. The lowest BCUT2D eigenvalue weighted by atomic mass is 10.2. The molecule has 0 saturated heterocycles. The second-order valence-corrected chi connectivity index (χ2v) is 6.21. The first-order valence-corrected chi connectivity index (χ1v) is 8.52. The number of thiazole rings is 1. The van der Waals surface area contributed by atoms with E-state index in [0.29, 0.717) is 16.2 Å². The first-order chi connectivity index (χ1) is 12.5. The van der Waals surface area contributed by atoms with Gasteiger partial charge in [-0.05, 0) is 31.2 Å². The van der Waals surface area contributed by atoms with Crippen molar-refractivity contribution >= 4 is 23.2 Å². The lowest BCUT2D eigenvalue weighted by molar-refractivity contribution is 0.367. The van der Waals surface area contributed by atoms with Gasteiger partial charge in [-0.2, -0.15) is 5.10 Å². The number of rotatable bonds is 4. The van der Waals surface area contributed by atoms with E-state index in [-0.39, 0.29) is 5.56 Å². The Morgan fingerprint density at radius 1 is 1.08 bits per heavy atom. The zero-order valence-corrected chi connectivity index (χ0v) is 14.9. The Morgan fingerprint density at radius 2 is 1.85 bits per heavy atom. The molecule has 0 radical (unpaired) electrons. The number of phenolic OH excluding ortho intramolecular Hbond substituents is 3. The van der Waals surface area contributed by atoms with E-state index in [1.165, 1.54) is 29.7 Å². The highest BCUT2D eigenvalue weighted by molar-refractivity contribution is 7.07. The van der Waals surface area contributed by atoms with Crippen molar-refractivity contribution in [3.8, 4) is 23.0 Å². The number of nitrogens with zero attached hydrogens (tertiary/aromatic N) is 3. The molecule has 1 heterocycles. The van der Waals surface area contributed by atoms with Crippen LogP contribution in [-0.4, -0.2) is 33.3 Å². The van der Waals surface area contributed by atoms with Crippen LogP contribution in [0.4, 0.5) is 5.69 Å². The van der Waals surface area contributed by atoms with E-state index >= 15 is 0 Å². The number of hydrogen-bond donors (Lipinski definition) is 3. The van der Waals surface area contributed by atoms with Crippen molar-refractivity contribution < 1.29 is 20.1 Å². The van der Waals surface area contributed by atoms with Crippen LogP contribution in [0.25, 0.3) is 0 Å². The fourth-order valence-corrected chi connectivity index (χ4v) is 3.05. The van der Waals surface area contributed by atoms with Crippen molar-refractivity contribution in [3.05, 3.63) is 57.8 Å². The molecule has 134 valence electrons. The topological polar surface area (TPSA) is 99.6 Å². The standard InChI is InChI=1S/C18H17N3O4S/c1-11-10-26-18(20-13-5-3-4-6-15(13)25-2)21(11)19-9-12-7-8-14(22)17(24)16(12)23/h3-10,22-24H,1-2H3/b19-9+,20-18?. The fourth-order valence-electron chi connectivity index (χ4n) is 2.24. The van der Waals surface area contributed by atoms with Gasteiger partial charge in [-0.25, -0.2) is 9.67 Å². The zero-order valence-electron chi connectivity index (χ0n) is 14.1. The highest BCUT2D eigenvalue weighted by Crippen LogP contribution is 2.36. The van der Waals surface area contributed by atoms with E-state index < -0.39 is 17.2 Å². The molecule has 0 aliphatic rings. The van der Waals surface area contributed by atoms with Gasteiger partial charge in [0, 0.05) is 10.9 Å². The number of phenols is 3. The smallest absolute Gasteiger partial charge is 0.211 e. The van der Waals surface area contributed by atoms with Crippen LogP contribution >= 0.6 is 11.3 Å². The maximum absolute atomic E-state index is 9.90. The summed E-state index contributed by atoms with van der Waals surface area (Å²) < 4.78 is 6.92. The summed E-state index contributed by atoms with van der Waals surface area (Å²) in [4.78, 5) is 5.21. The molecule has 8 heteroatoms. The molecular formula is C18H17N3O4S. The van der Waals surface area contributed by atoms with Crippen LogP contribution in [0.15, 0.2) is 51.9 Å². The molecule has 0 aliphatic heterocycles. The van der Waals surface area contributed by atoms with Crippen molar-refractivity contribution in [2.75, 3.05) is 7.11 Å². The molecule has 0 bridgehead atoms. The Morgan fingerprint density at radius 3 is 2.62 bits per heavy atom. The number of aromatic hydroxyl groups is 3. The number of aromatic nitrogens is 1. The SMILES string of the molecule is COc1ccccc1N=c1scc(C)n1/N=C/c1ccc(O)c(O)c1O. The quantitative estimate of drug-likeness (QED) is 0.485. The van der Waals surface area contributed by atoms with Gasteiger partial charge in [0.1, 0.15) is 11.4 Å². The number of para-hydroxylation sites is 2. The summed E-state index contributed by atoms with van der Waals surface area (Å²) in [7, 11) is 1.58. The van der Waals surface area contributed by atoms with E-state index in [2.05, 4.69) is 10.1 Å². The Hall–Kier alpha value is -3.26. The molecule has 0 spiro atoms. The maximum Gasteiger partial charge on any atom is 0.211 e. The summed E-state index contributed by atoms with van der Waals surface area (Å²) in [5.74, 6) is -0.772. The van der Waals surface area contributed by atoms with E-state index in [1.54, 1.807) is 11.8 Å². The normalized spacial score (nSPS) is 12.0. The van der Waals surface area contributed by atoms with E-state index in [9.17, 15) is 15.3 Å². The summed E-state index contributed by atoms with van der Waals surface area (Å²) >= 11 is 1.41. The summed E-state index contributed by atoms with van der Waals surface area (Å²) in [6, 6.07) is 10.1. The third kappa shape index (κ3) is 3.40. The largest absolute Gasteiger partial charge is 0.504 e. The number of aryl methyl sites for hydroxylation is 1. The lowest BCUT2D eigenvalue weighted by Crippen LogP contribution is -2.11. The highest BCUT2D eigenvalue weighted by atomic mass is 32.1. The third-order valence-corrected chi connectivity index (χ3v) is 4.56. The predicted octanol–water partition coefficient (Wildman–Crippen LogP) is 3.10. The zero-order chi connectivity index (χ0) is 18.7. The second kappa shape index (κ2) is 7.32. The lowest BCUT2D eigenvalue weighted by Gasteiger charge is -2.04. The van der Waals surface area contributed by atoms with Crippen LogP contribution in [-0.2, 0) is 0 Å². The third-order valence-electron chi connectivity index (χ3n) is 3.62. The van der Waals surface area contributed by atoms with Crippen LogP contribution in [0.1, 0.15) is 11.3 Å². The molecule has 26 heavy (non-hydrogen) atoms. The Bertz CT molecular complexity index is 1040. The summed E-state index contributed by atoms with van der Waals surface area (Å²) in [6.45, 7) is 1.88. The predicted molar refractivity (Wildman–Crippen MR) is 99.7 cm³/mol. The van der Waals surface area contributed by atoms with Gasteiger partial charge >= 0.3 is 0 Å². The van der Waals surface area contributed by atoms with E-state index in [0.717, 1.165) is 5.69 Å². The van der Waals surface area contributed by atoms with Crippen molar-refractivity contribution in [2.24, 2.45) is 10.1 Å². The number of methoxy groups -OCH3 is 1. The maximum atomic E-state index is 9.90. The molecule has 3 aromatic rings. The molecule has 7 nitrogen and oxygen atoms in total. The molecule has 3 rings (SSSR count). The first kappa shape index (κ1) is 17.6. The minimum absolute atomic E-state index is 0.265. The Balaban J connectivity index is 2.04. The van der Waals surface area contributed by atoms with Crippen molar-refractivity contribution in [1.29, 1.82) is 0 Å². The van der Waals surface area contributed by atoms with Gasteiger partial charge in [-0.3, -0.25) is 0 Å². The van der Waals surface area contributed by atoms with Crippen LogP contribution < -0.4 is 9.54 Å². The van der Waals surface area contributed by atoms with Crippen molar-refractivity contribution in [2.45, 2.75) is 6.92 Å². The molecule has 0 aliphatic carbocycles. The van der Waals surface area contributed by atoms with Crippen molar-refractivity contribution in [1.82, 2.24) is 4.68 Å². The van der Waals surface area contributed by atoms with Gasteiger partial charge in [-0.1, -0.05) is 12.1 Å². The molecule has 3 N–H and O–H groups in total. The average Bonchev–Trinajstić information content (AvgIpc) is 2.99.